The average Bonchev–Trinajstić information content (AvgIpc) is 1.87. The first-order valence-electron chi connectivity index (χ1n) is 2.53. The Morgan fingerprint density at radius 3 is 2.80 bits per heavy atom. The van der Waals surface area contributed by atoms with Crippen LogP contribution in [0.25, 0.3) is 0 Å². The molecule has 0 rings (SSSR count). The van der Waals surface area contributed by atoms with Gasteiger partial charge in [0, 0.05) is 6.08 Å². The van der Waals surface area contributed by atoms with Gasteiger partial charge in [-0.25, -0.2) is 9.00 Å². The first kappa shape index (κ1) is 9.32. The summed E-state index contributed by atoms with van der Waals surface area (Å²) >= 11 is -1.90. The summed E-state index contributed by atoms with van der Waals surface area (Å²) in [6.45, 7) is 3.10. The van der Waals surface area contributed by atoms with Crippen molar-refractivity contribution in [1.82, 2.24) is 0 Å². The maximum Gasteiger partial charge on any atom is 0.330 e. The van der Waals surface area contributed by atoms with Gasteiger partial charge in [-0.2, -0.15) is 0 Å². The highest BCUT2D eigenvalue weighted by Gasteiger charge is 1.96. The second kappa shape index (κ2) is 5.13. The molecule has 0 fully saturated rings. The molecule has 0 aliphatic carbocycles. The van der Waals surface area contributed by atoms with Gasteiger partial charge in [0.25, 0.3) is 0 Å². The fourth-order valence-corrected chi connectivity index (χ4v) is 0.498. The zero-order valence-corrected chi connectivity index (χ0v) is 6.10. The van der Waals surface area contributed by atoms with Gasteiger partial charge >= 0.3 is 5.97 Å². The summed E-state index contributed by atoms with van der Waals surface area (Å²) in [6.07, 6.45) is 1.00. The molecule has 0 saturated carbocycles. The fraction of sp³-hybridized carbons (Fsp3) is 0.400. The molecule has 10 heavy (non-hydrogen) atoms. The van der Waals surface area contributed by atoms with E-state index in [9.17, 15) is 9.00 Å². The van der Waals surface area contributed by atoms with Crippen LogP contribution in [0.2, 0.25) is 0 Å². The van der Waals surface area contributed by atoms with E-state index in [0.29, 0.717) is 0 Å². The van der Waals surface area contributed by atoms with Gasteiger partial charge in [0.05, 0.1) is 5.75 Å². The molecule has 0 amide bonds. The van der Waals surface area contributed by atoms with E-state index in [0.717, 1.165) is 6.08 Å². The quantitative estimate of drug-likeness (QED) is 0.359. The van der Waals surface area contributed by atoms with Crippen molar-refractivity contribution < 1.29 is 18.3 Å². The van der Waals surface area contributed by atoms with E-state index in [1.807, 2.05) is 0 Å². The van der Waals surface area contributed by atoms with Crippen LogP contribution in [0.4, 0.5) is 0 Å². The molecule has 58 valence electrons. The highest BCUT2D eigenvalue weighted by atomic mass is 32.2. The molecule has 1 unspecified atom stereocenters. The maximum absolute atomic E-state index is 10.3. The SMILES string of the molecule is C=CC(=O)OCCS(=O)O. The molecule has 0 spiro atoms. The lowest BCUT2D eigenvalue weighted by atomic mass is 10.6. The van der Waals surface area contributed by atoms with Gasteiger partial charge < -0.3 is 9.29 Å². The smallest absolute Gasteiger partial charge is 0.330 e. The zero-order valence-electron chi connectivity index (χ0n) is 5.28. The molecule has 0 aromatic heterocycles. The molecule has 5 heteroatoms. The molecule has 1 N–H and O–H groups in total. The van der Waals surface area contributed by atoms with Crippen molar-refractivity contribution >= 4 is 17.0 Å². The number of carbonyl (C=O) groups is 1. The molecule has 0 saturated heterocycles. The Hall–Kier alpha value is -0.680. The van der Waals surface area contributed by atoms with Crippen LogP contribution in [-0.2, 0) is 20.6 Å². The van der Waals surface area contributed by atoms with E-state index in [2.05, 4.69) is 11.3 Å². The minimum Gasteiger partial charge on any atom is -0.461 e. The van der Waals surface area contributed by atoms with Gasteiger partial charge in [0.1, 0.15) is 6.61 Å². The molecule has 0 aliphatic heterocycles. The van der Waals surface area contributed by atoms with Crippen LogP contribution < -0.4 is 0 Å². The number of hydrogen-bond donors (Lipinski definition) is 1. The molecular weight excluding hydrogens is 156 g/mol. The van der Waals surface area contributed by atoms with Gasteiger partial charge in [-0.05, 0) is 0 Å². The second-order valence-electron chi connectivity index (χ2n) is 1.40. The number of ether oxygens (including phenoxy) is 1. The van der Waals surface area contributed by atoms with Crippen LogP contribution in [0.15, 0.2) is 12.7 Å². The molecule has 0 radical (unpaired) electrons. The normalized spacial score (nSPS) is 12.1. The summed E-state index contributed by atoms with van der Waals surface area (Å²) in [5.41, 5.74) is 0. The number of esters is 1. The van der Waals surface area contributed by atoms with Crippen molar-refractivity contribution in [1.29, 1.82) is 0 Å². The van der Waals surface area contributed by atoms with E-state index in [4.69, 9.17) is 4.55 Å². The largest absolute Gasteiger partial charge is 0.461 e. The zero-order chi connectivity index (χ0) is 7.98. The monoisotopic (exact) mass is 164 g/mol. The van der Waals surface area contributed by atoms with Crippen molar-refractivity contribution in [2.45, 2.75) is 0 Å². The van der Waals surface area contributed by atoms with E-state index in [-0.39, 0.29) is 12.4 Å². The van der Waals surface area contributed by atoms with Gasteiger partial charge in [0.2, 0.25) is 0 Å². The molecule has 0 bridgehead atoms. The second-order valence-corrected chi connectivity index (χ2v) is 2.45. The van der Waals surface area contributed by atoms with Crippen LogP contribution in [0.5, 0.6) is 0 Å². The van der Waals surface area contributed by atoms with Crippen LogP contribution >= 0.6 is 0 Å². The fourth-order valence-electron chi connectivity index (χ4n) is 0.272. The maximum atomic E-state index is 10.3. The minimum atomic E-state index is -1.90. The Morgan fingerprint density at radius 2 is 2.40 bits per heavy atom. The van der Waals surface area contributed by atoms with E-state index in [1.165, 1.54) is 0 Å². The molecule has 4 nitrogen and oxygen atoms in total. The standard InChI is InChI=1S/C5H8O4S/c1-2-5(6)9-3-4-10(7)8/h2H,1,3-4H2,(H,7,8). The minimum absolute atomic E-state index is 0.0477. The summed E-state index contributed by atoms with van der Waals surface area (Å²) in [7, 11) is 0. The summed E-state index contributed by atoms with van der Waals surface area (Å²) < 4.78 is 22.5. The summed E-state index contributed by atoms with van der Waals surface area (Å²) in [5.74, 6) is -0.634. The predicted molar refractivity (Wildman–Crippen MR) is 36.8 cm³/mol. The predicted octanol–water partition coefficient (Wildman–Crippen LogP) is -0.0627. The molecule has 0 aliphatic rings. The lowest BCUT2D eigenvalue weighted by Gasteiger charge is -1.96. The first-order chi connectivity index (χ1) is 4.66. The Balaban J connectivity index is 3.28. The lowest BCUT2D eigenvalue weighted by molar-refractivity contribution is -0.137. The van der Waals surface area contributed by atoms with Crippen molar-refractivity contribution in [2.75, 3.05) is 12.4 Å². The van der Waals surface area contributed by atoms with Crippen LogP contribution in [0, 0.1) is 0 Å². The van der Waals surface area contributed by atoms with Gasteiger partial charge in [-0.3, -0.25) is 0 Å². The third kappa shape index (κ3) is 5.46. The highest BCUT2D eigenvalue weighted by Crippen LogP contribution is 1.80. The summed E-state index contributed by atoms with van der Waals surface area (Å²) in [5, 5.41) is 0. The van der Waals surface area contributed by atoms with Crippen LogP contribution in [0.1, 0.15) is 0 Å². The number of hydrogen-bond acceptors (Lipinski definition) is 3. The van der Waals surface area contributed by atoms with Gasteiger partial charge in [-0.1, -0.05) is 6.58 Å². The Morgan fingerprint density at radius 1 is 1.80 bits per heavy atom. The van der Waals surface area contributed by atoms with E-state index < -0.39 is 17.0 Å². The first-order valence-corrected chi connectivity index (χ1v) is 3.81. The lowest BCUT2D eigenvalue weighted by Crippen LogP contribution is -2.08. The van der Waals surface area contributed by atoms with Gasteiger partial charge in [0.15, 0.2) is 11.1 Å². The highest BCUT2D eigenvalue weighted by molar-refractivity contribution is 7.79. The van der Waals surface area contributed by atoms with Crippen molar-refractivity contribution in [3.05, 3.63) is 12.7 Å². The third-order valence-electron chi connectivity index (χ3n) is 0.669. The molecular formula is C5H8O4S. The van der Waals surface area contributed by atoms with Crippen LogP contribution in [-0.4, -0.2) is 27.1 Å². The topological polar surface area (TPSA) is 63.6 Å². The van der Waals surface area contributed by atoms with E-state index in [1.54, 1.807) is 0 Å². The van der Waals surface area contributed by atoms with Crippen molar-refractivity contribution in [3.8, 4) is 0 Å². The number of rotatable bonds is 4. The van der Waals surface area contributed by atoms with Crippen LogP contribution in [0.3, 0.4) is 0 Å². The molecule has 0 aromatic carbocycles. The van der Waals surface area contributed by atoms with E-state index >= 15 is 0 Å². The van der Waals surface area contributed by atoms with Crippen molar-refractivity contribution in [2.24, 2.45) is 0 Å². The molecule has 1 atom stereocenters. The summed E-state index contributed by atoms with van der Waals surface area (Å²) in [4.78, 5) is 10.3. The number of carbonyl (C=O) groups excluding carboxylic acids is 1. The van der Waals surface area contributed by atoms with Gasteiger partial charge in [-0.15, -0.1) is 0 Å². The average molecular weight is 164 g/mol. The summed E-state index contributed by atoms with van der Waals surface area (Å²) in [6, 6.07) is 0. The molecule has 0 heterocycles. The Bertz CT molecular complexity index is 154. The molecule has 0 aromatic rings. The third-order valence-corrected chi connectivity index (χ3v) is 1.18. The Labute approximate surface area is 61.2 Å². The Kier molecular flexibility index (Phi) is 4.78. The van der Waals surface area contributed by atoms with Crippen molar-refractivity contribution in [3.63, 3.8) is 0 Å².